The second-order valence-corrected chi connectivity index (χ2v) is 9.11. The fourth-order valence-electron chi connectivity index (χ4n) is 3.22. The number of carbonyl (C=O) groups excluding carboxylic acids is 1. The lowest BCUT2D eigenvalue weighted by atomic mass is 10.0. The summed E-state index contributed by atoms with van der Waals surface area (Å²) >= 11 is 0. The molecule has 2 aromatic carbocycles. The molecule has 0 spiro atoms. The van der Waals surface area contributed by atoms with Gasteiger partial charge in [0.2, 0.25) is 15.9 Å². The molecule has 0 bridgehead atoms. The number of nitrogens with zero attached hydrogens (tertiary/aromatic N) is 1. The van der Waals surface area contributed by atoms with Gasteiger partial charge in [0.1, 0.15) is 11.8 Å². The lowest BCUT2D eigenvalue weighted by Crippen LogP contribution is -2.49. The van der Waals surface area contributed by atoms with Crippen LogP contribution in [0.25, 0.3) is 0 Å². The standard InChI is InChI=1S/C22H30N2O4S/c1-7-21(22(25)23-17(4)18-9-8-15(2)16(3)14-18)24(29(6,26)27)19-10-12-20(28-5)13-11-19/h8-14,17,21H,7H2,1-6H3,(H,23,25)/t17-,21-/m1/s1. The SMILES string of the molecule is CC[C@H](C(=O)N[C@H](C)c1ccc(C)c(C)c1)N(c1ccc(OC)cc1)S(C)(=O)=O. The minimum Gasteiger partial charge on any atom is -0.497 e. The molecule has 2 atom stereocenters. The fourth-order valence-corrected chi connectivity index (χ4v) is 4.43. The highest BCUT2D eigenvalue weighted by Crippen LogP contribution is 2.26. The van der Waals surface area contributed by atoms with E-state index in [4.69, 9.17) is 4.74 Å². The lowest BCUT2D eigenvalue weighted by molar-refractivity contribution is -0.122. The van der Waals surface area contributed by atoms with E-state index in [9.17, 15) is 13.2 Å². The molecule has 0 aliphatic rings. The Kier molecular flexibility index (Phi) is 7.30. The van der Waals surface area contributed by atoms with Gasteiger partial charge in [0.25, 0.3) is 0 Å². The highest BCUT2D eigenvalue weighted by molar-refractivity contribution is 7.92. The van der Waals surface area contributed by atoms with E-state index in [-0.39, 0.29) is 11.9 Å². The number of carbonyl (C=O) groups is 1. The van der Waals surface area contributed by atoms with Crippen molar-refractivity contribution in [3.8, 4) is 5.75 Å². The predicted molar refractivity (Wildman–Crippen MR) is 117 cm³/mol. The van der Waals surface area contributed by atoms with Crippen LogP contribution in [-0.2, 0) is 14.8 Å². The Bertz CT molecular complexity index is 955. The highest BCUT2D eigenvalue weighted by atomic mass is 32.2. The van der Waals surface area contributed by atoms with E-state index in [0.717, 1.165) is 17.4 Å². The van der Waals surface area contributed by atoms with Crippen LogP contribution < -0.4 is 14.4 Å². The van der Waals surface area contributed by atoms with Crippen molar-refractivity contribution >= 4 is 21.6 Å². The quantitative estimate of drug-likeness (QED) is 0.709. The van der Waals surface area contributed by atoms with Crippen LogP contribution in [0.5, 0.6) is 5.75 Å². The van der Waals surface area contributed by atoms with Gasteiger partial charge >= 0.3 is 0 Å². The van der Waals surface area contributed by atoms with Crippen molar-refractivity contribution in [2.24, 2.45) is 0 Å². The molecule has 0 unspecified atom stereocenters. The van der Waals surface area contributed by atoms with Crippen LogP contribution in [0.3, 0.4) is 0 Å². The Morgan fingerprint density at radius 3 is 2.21 bits per heavy atom. The van der Waals surface area contributed by atoms with Crippen molar-refractivity contribution in [2.45, 2.75) is 46.2 Å². The first-order valence-corrected chi connectivity index (χ1v) is 11.4. The van der Waals surface area contributed by atoms with Crippen LogP contribution >= 0.6 is 0 Å². The zero-order valence-corrected chi connectivity index (χ0v) is 18.7. The molecule has 0 radical (unpaired) electrons. The summed E-state index contributed by atoms with van der Waals surface area (Å²) in [5, 5.41) is 2.97. The van der Waals surface area contributed by atoms with Gasteiger partial charge in [0, 0.05) is 0 Å². The normalized spacial score (nSPS) is 13.4. The van der Waals surface area contributed by atoms with Gasteiger partial charge in [-0.1, -0.05) is 25.1 Å². The topological polar surface area (TPSA) is 75.7 Å². The predicted octanol–water partition coefficient (Wildman–Crippen LogP) is 3.73. The van der Waals surface area contributed by atoms with E-state index in [0.29, 0.717) is 17.9 Å². The molecule has 158 valence electrons. The number of ether oxygens (including phenoxy) is 1. The largest absolute Gasteiger partial charge is 0.497 e. The molecule has 0 heterocycles. The van der Waals surface area contributed by atoms with E-state index >= 15 is 0 Å². The second-order valence-electron chi connectivity index (χ2n) is 7.25. The van der Waals surface area contributed by atoms with Crippen molar-refractivity contribution < 1.29 is 17.9 Å². The number of rotatable bonds is 8. The average Bonchev–Trinajstić information content (AvgIpc) is 2.67. The number of sulfonamides is 1. The number of aryl methyl sites for hydroxylation is 2. The maximum absolute atomic E-state index is 13.1. The number of hydrogen-bond acceptors (Lipinski definition) is 4. The molecule has 2 rings (SSSR count). The zero-order valence-electron chi connectivity index (χ0n) is 17.9. The van der Waals surface area contributed by atoms with Gasteiger partial charge in [0.15, 0.2) is 0 Å². The second kappa shape index (κ2) is 9.31. The number of anilines is 1. The summed E-state index contributed by atoms with van der Waals surface area (Å²) in [6.45, 7) is 7.76. The van der Waals surface area contributed by atoms with E-state index in [2.05, 4.69) is 5.32 Å². The highest BCUT2D eigenvalue weighted by Gasteiger charge is 2.32. The summed E-state index contributed by atoms with van der Waals surface area (Å²) in [6.07, 6.45) is 1.45. The molecule has 0 aliphatic carbocycles. The molecule has 7 heteroatoms. The summed E-state index contributed by atoms with van der Waals surface area (Å²) < 4.78 is 31.4. The number of amides is 1. The van der Waals surface area contributed by atoms with Crippen molar-refractivity contribution in [3.63, 3.8) is 0 Å². The molecule has 0 aliphatic heterocycles. The Hall–Kier alpha value is -2.54. The minimum absolute atomic E-state index is 0.242. The molecule has 1 amide bonds. The van der Waals surface area contributed by atoms with Gasteiger partial charge in [-0.3, -0.25) is 9.10 Å². The first-order valence-electron chi connectivity index (χ1n) is 9.59. The summed E-state index contributed by atoms with van der Waals surface area (Å²) in [7, 11) is -2.13. The summed E-state index contributed by atoms with van der Waals surface area (Å²) in [5.41, 5.74) is 3.73. The zero-order chi connectivity index (χ0) is 21.8. The van der Waals surface area contributed by atoms with Crippen LogP contribution in [0.15, 0.2) is 42.5 Å². The molecular weight excluding hydrogens is 388 g/mol. The Morgan fingerprint density at radius 2 is 1.72 bits per heavy atom. The van der Waals surface area contributed by atoms with Crippen molar-refractivity contribution in [1.82, 2.24) is 5.32 Å². The molecule has 0 saturated carbocycles. The van der Waals surface area contributed by atoms with Crippen LogP contribution in [0.4, 0.5) is 5.69 Å². The number of hydrogen-bond donors (Lipinski definition) is 1. The van der Waals surface area contributed by atoms with Gasteiger partial charge in [-0.25, -0.2) is 8.42 Å². The summed E-state index contributed by atoms with van der Waals surface area (Å²) in [4.78, 5) is 13.1. The average molecular weight is 419 g/mol. The first-order chi connectivity index (χ1) is 13.6. The molecule has 6 nitrogen and oxygen atoms in total. The van der Waals surface area contributed by atoms with Gasteiger partial charge in [0.05, 0.1) is 25.1 Å². The molecule has 0 fully saturated rings. The number of nitrogens with one attached hydrogen (secondary N) is 1. The molecule has 2 aromatic rings. The van der Waals surface area contributed by atoms with E-state index in [1.807, 2.05) is 39.0 Å². The lowest BCUT2D eigenvalue weighted by Gasteiger charge is -2.31. The molecule has 1 N–H and O–H groups in total. The van der Waals surface area contributed by atoms with Crippen LogP contribution in [0.1, 0.15) is 43.0 Å². The molecule has 29 heavy (non-hydrogen) atoms. The number of benzene rings is 2. The van der Waals surface area contributed by atoms with Crippen molar-refractivity contribution in [3.05, 3.63) is 59.2 Å². The van der Waals surface area contributed by atoms with Crippen molar-refractivity contribution in [2.75, 3.05) is 17.7 Å². The third kappa shape index (κ3) is 5.50. The smallest absolute Gasteiger partial charge is 0.244 e. The summed E-state index contributed by atoms with van der Waals surface area (Å²) in [5.74, 6) is 0.280. The summed E-state index contributed by atoms with van der Waals surface area (Å²) in [6, 6.07) is 11.6. The van der Waals surface area contributed by atoms with Crippen LogP contribution in [0, 0.1) is 13.8 Å². The molecular formula is C22H30N2O4S. The fraction of sp³-hybridized carbons (Fsp3) is 0.409. The van der Waals surface area contributed by atoms with E-state index < -0.39 is 16.1 Å². The van der Waals surface area contributed by atoms with Gasteiger partial charge in [-0.2, -0.15) is 0 Å². The first kappa shape index (κ1) is 22.7. The Balaban J connectivity index is 2.30. The van der Waals surface area contributed by atoms with E-state index in [1.165, 1.54) is 9.87 Å². The minimum atomic E-state index is -3.67. The molecule has 0 aromatic heterocycles. The third-order valence-electron chi connectivity index (χ3n) is 5.05. The Morgan fingerprint density at radius 1 is 1.10 bits per heavy atom. The van der Waals surface area contributed by atoms with Crippen LogP contribution in [-0.4, -0.2) is 33.7 Å². The maximum Gasteiger partial charge on any atom is 0.244 e. The van der Waals surface area contributed by atoms with Crippen LogP contribution in [0.2, 0.25) is 0 Å². The monoisotopic (exact) mass is 418 g/mol. The van der Waals surface area contributed by atoms with Gasteiger partial charge in [-0.15, -0.1) is 0 Å². The third-order valence-corrected chi connectivity index (χ3v) is 6.23. The Labute approximate surface area is 173 Å². The van der Waals surface area contributed by atoms with E-state index in [1.54, 1.807) is 38.3 Å². The maximum atomic E-state index is 13.1. The van der Waals surface area contributed by atoms with Gasteiger partial charge in [-0.05, 0) is 68.1 Å². The van der Waals surface area contributed by atoms with Crippen molar-refractivity contribution in [1.29, 1.82) is 0 Å². The molecule has 0 saturated heterocycles. The van der Waals surface area contributed by atoms with Gasteiger partial charge < -0.3 is 10.1 Å². The number of methoxy groups -OCH3 is 1.